The molecular formula is C19H34N2O3. The molecule has 0 saturated carbocycles. The van der Waals surface area contributed by atoms with Crippen LogP contribution < -0.4 is 4.74 Å². The minimum atomic E-state index is -0.360. The van der Waals surface area contributed by atoms with Crippen LogP contribution in [-0.4, -0.2) is 36.1 Å². The summed E-state index contributed by atoms with van der Waals surface area (Å²) in [5, 5.41) is 0. The first kappa shape index (κ1) is 20.8. The molecule has 5 heteroatoms. The molecule has 0 radical (unpaired) electrons. The molecule has 0 spiro atoms. The van der Waals surface area contributed by atoms with E-state index in [1.165, 1.54) is 0 Å². The van der Waals surface area contributed by atoms with E-state index in [1.807, 2.05) is 19.9 Å². The second-order valence-electron chi connectivity index (χ2n) is 6.58. The Morgan fingerprint density at radius 3 is 2.17 bits per heavy atom. The molecule has 1 rings (SSSR count). The van der Waals surface area contributed by atoms with Crippen LogP contribution in [0.25, 0.3) is 0 Å². The number of hydrogen-bond donors (Lipinski definition) is 0. The Bertz CT molecular complexity index is 460. The van der Waals surface area contributed by atoms with Gasteiger partial charge >= 0.3 is 0 Å². The Morgan fingerprint density at radius 1 is 0.958 bits per heavy atom. The van der Waals surface area contributed by atoms with Crippen LogP contribution in [-0.2, 0) is 22.3 Å². The summed E-state index contributed by atoms with van der Waals surface area (Å²) in [6, 6.07) is 1.94. The highest BCUT2D eigenvalue weighted by Crippen LogP contribution is 2.17. The van der Waals surface area contributed by atoms with Crippen molar-refractivity contribution in [1.29, 1.82) is 0 Å². The Kier molecular flexibility index (Phi) is 9.88. The van der Waals surface area contributed by atoms with E-state index in [0.29, 0.717) is 37.5 Å². The van der Waals surface area contributed by atoms with Gasteiger partial charge < -0.3 is 14.2 Å². The fraction of sp³-hybridized carbons (Fsp3) is 0.789. The second-order valence-corrected chi connectivity index (χ2v) is 6.58. The smallest absolute Gasteiger partial charge is 0.216 e. The predicted molar refractivity (Wildman–Crippen MR) is 96.3 cm³/mol. The average molecular weight is 338 g/mol. The molecule has 1 aromatic heterocycles. The van der Waals surface area contributed by atoms with Crippen LogP contribution in [0, 0.1) is 11.8 Å². The molecule has 1 atom stereocenters. The monoisotopic (exact) mass is 338 g/mol. The first-order valence-electron chi connectivity index (χ1n) is 9.21. The minimum Gasteiger partial charge on any atom is -0.472 e. The molecular weight excluding hydrogens is 304 g/mol. The standard InChI is InChI=1S/C19H34N2O3/c1-7-15(6)11-17-20-16(10-14(4)5)12-18(21-17)24-13-19(22-8-2)23-9-3/h12,14-15,19H,7-11,13H2,1-6H3. The highest BCUT2D eigenvalue weighted by atomic mass is 16.7. The molecule has 0 N–H and O–H groups in total. The van der Waals surface area contributed by atoms with Crippen molar-refractivity contribution in [3.63, 3.8) is 0 Å². The molecule has 138 valence electrons. The number of aromatic nitrogens is 2. The third-order valence-corrected chi connectivity index (χ3v) is 3.72. The molecule has 0 aliphatic rings. The van der Waals surface area contributed by atoms with Gasteiger partial charge in [0.2, 0.25) is 5.88 Å². The van der Waals surface area contributed by atoms with Gasteiger partial charge in [0, 0.05) is 31.4 Å². The minimum absolute atomic E-state index is 0.336. The number of nitrogens with zero attached hydrogens (tertiary/aromatic N) is 2. The lowest BCUT2D eigenvalue weighted by molar-refractivity contribution is -0.152. The van der Waals surface area contributed by atoms with Crippen LogP contribution in [0.5, 0.6) is 5.88 Å². The summed E-state index contributed by atoms with van der Waals surface area (Å²) in [6.45, 7) is 14.2. The van der Waals surface area contributed by atoms with Crippen molar-refractivity contribution >= 4 is 0 Å². The van der Waals surface area contributed by atoms with Crippen molar-refractivity contribution in [1.82, 2.24) is 9.97 Å². The lowest BCUT2D eigenvalue weighted by atomic mass is 10.0. The van der Waals surface area contributed by atoms with Crippen LogP contribution in [0.4, 0.5) is 0 Å². The van der Waals surface area contributed by atoms with Crippen molar-refractivity contribution < 1.29 is 14.2 Å². The highest BCUT2D eigenvalue weighted by molar-refractivity contribution is 5.17. The Hall–Kier alpha value is -1.20. The number of ether oxygens (including phenoxy) is 3. The number of hydrogen-bond acceptors (Lipinski definition) is 5. The van der Waals surface area contributed by atoms with Gasteiger partial charge in [0.1, 0.15) is 12.4 Å². The van der Waals surface area contributed by atoms with E-state index in [0.717, 1.165) is 30.8 Å². The SMILES string of the molecule is CCOC(COc1cc(CC(C)C)nc(CC(C)CC)n1)OCC. The molecule has 0 aliphatic heterocycles. The molecule has 0 aromatic carbocycles. The lowest BCUT2D eigenvalue weighted by Gasteiger charge is -2.18. The van der Waals surface area contributed by atoms with E-state index in [9.17, 15) is 0 Å². The molecule has 0 aliphatic carbocycles. The third-order valence-electron chi connectivity index (χ3n) is 3.72. The average Bonchev–Trinajstić information content (AvgIpc) is 2.52. The first-order chi connectivity index (χ1) is 11.5. The quantitative estimate of drug-likeness (QED) is 0.538. The van der Waals surface area contributed by atoms with Crippen molar-refractivity contribution in [2.75, 3.05) is 19.8 Å². The van der Waals surface area contributed by atoms with E-state index in [1.54, 1.807) is 0 Å². The van der Waals surface area contributed by atoms with Crippen LogP contribution in [0.1, 0.15) is 59.5 Å². The van der Waals surface area contributed by atoms with Crippen molar-refractivity contribution in [2.45, 2.75) is 67.1 Å². The molecule has 1 unspecified atom stereocenters. The molecule has 0 fully saturated rings. The first-order valence-corrected chi connectivity index (χ1v) is 9.21. The molecule has 0 saturated heterocycles. The van der Waals surface area contributed by atoms with Crippen LogP contribution in [0.3, 0.4) is 0 Å². The van der Waals surface area contributed by atoms with Gasteiger partial charge in [-0.2, -0.15) is 4.98 Å². The summed E-state index contributed by atoms with van der Waals surface area (Å²) in [5.74, 6) is 2.58. The van der Waals surface area contributed by atoms with Gasteiger partial charge in [0.05, 0.1) is 0 Å². The summed E-state index contributed by atoms with van der Waals surface area (Å²) in [7, 11) is 0. The fourth-order valence-corrected chi connectivity index (χ4v) is 2.34. The van der Waals surface area contributed by atoms with Crippen molar-refractivity contribution in [3.05, 3.63) is 17.6 Å². The molecule has 24 heavy (non-hydrogen) atoms. The van der Waals surface area contributed by atoms with Gasteiger partial charge in [-0.25, -0.2) is 4.98 Å². The maximum absolute atomic E-state index is 5.85. The Morgan fingerprint density at radius 2 is 1.62 bits per heavy atom. The van der Waals surface area contributed by atoms with Crippen LogP contribution in [0.15, 0.2) is 6.07 Å². The van der Waals surface area contributed by atoms with Gasteiger partial charge in [-0.15, -0.1) is 0 Å². The van der Waals surface area contributed by atoms with Gasteiger partial charge in [-0.3, -0.25) is 0 Å². The Balaban J connectivity index is 2.84. The largest absolute Gasteiger partial charge is 0.472 e. The maximum atomic E-state index is 5.85. The maximum Gasteiger partial charge on any atom is 0.216 e. The molecule has 0 amide bonds. The predicted octanol–water partition coefficient (Wildman–Crippen LogP) is 4.04. The lowest BCUT2D eigenvalue weighted by Crippen LogP contribution is -2.25. The summed E-state index contributed by atoms with van der Waals surface area (Å²) in [6.07, 6.45) is 2.55. The zero-order valence-corrected chi connectivity index (χ0v) is 16.2. The summed E-state index contributed by atoms with van der Waals surface area (Å²) in [4.78, 5) is 9.28. The van der Waals surface area contributed by atoms with Crippen molar-refractivity contribution in [2.24, 2.45) is 11.8 Å². The zero-order chi connectivity index (χ0) is 17.9. The summed E-state index contributed by atoms with van der Waals surface area (Å²) in [5.41, 5.74) is 1.04. The molecule has 0 bridgehead atoms. The van der Waals surface area contributed by atoms with E-state index in [2.05, 4.69) is 32.7 Å². The van der Waals surface area contributed by atoms with Crippen LogP contribution in [0.2, 0.25) is 0 Å². The fourth-order valence-electron chi connectivity index (χ4n) is 2.34. The normalized spacial score (nSPS) is 12.8. The summed E-state index contributed by atoms with van der Waals surface area (Å²) < 4.78 is 16.9. The number of rotatable bonds is 12. The summed E-state index contributed by atoms with van der Waals surface area (Å²) >= 11 is 0. The highest BCUT2D eigenvalue weighted by Gasteiger charge is 2.13. The van der Waals surface area contributed by atoms with E-state index >= 15 is 0 Å². The zero-order valence-electron chi connectivity index (χ0n) is 16.2. The van der Waals surface area contributed by atoms with Crippen LogP contribution >= 0.6 is 0 Å². The van der Waals surface area contributed by atoms with Gasteiger partial charge in [0.25, 0.3) is 0 Å². The Labute approximate surface area is 147 Å². The van der Waals surface area contributed by atoms with E-state index in [4.69, 9.17) is 19.2 Å². The third kappa shape index (κ3) is 8.06. The molecule has 1 aromatic rings. The van der Waals surface area contributed by atoms with Crippen molar-refractivity contribution in [3.8, 4) is 5.88 Å². The van der Waals surface area contributed by atoms with Gasteiger partial charge in [0.15, 0.2) is 6.29 Å². The second kappa shape index (κ2) is 11.4. The van der Waals surface area contributed by atoms with E-state index in [-0.39, 0.29) is 6.29 Å². The molecule has 5 nitrogen and oxygen atoms in total. The molecule has 1 heterocycles. The van der Waals surface area contributed by atoms with Gasteiger partial charge in [-0.05, 0) is 32.1 Å². The van der Waals surface area contributed by atoms with E-state index < -0.39 is 0 Å². The van der Waals surface area contributed by atoms with Gasteiger partial charge in [-0.1, -0.05) is 34.1 Å². The topological polar surface area (TPSA) is 53.5 Å².